The summed E-state index contributed by atoms with van der Waals surface area (Å²) in [6.07, 6.45) is 9.24. The number of nitrogens with one attached hydrogen (secondary N) is 1. The van der Waals surface area contributed by atoms with E-state index in [-0.39, 0.29) is 11.9 Å². The lowest BCUT2D eigenvalue weighted by atomic mass is 9.84. The Morgan fingerprint density at radius 1 is 1.29 bits per heavy atom. The molecule has 1 fully saturated rings. The summed E-state index contributed by atoms with van der Waals surface area (Å²) in [5.41, 5.74) is 1.03. The molecule has 1 aromatic carbocycles. The van der Waals surface area contributed by atoms with Crippen LogP contribution < -0.4 is 10.1 Å². The van der Waals surface area contributed by atoms with Crippen LogP contribution in [0.3, 0.4) is 0 Å². The molecular weight excluding hydrogens is 265 g/mol. The van der Waals surface area contributed by atoms with Gasteiger partial charge in [0.25, 0.3) is 0 Å². The molecule has 3 heteroatoms. The highest BCUT2D eigenvalue weighted by Crippen LogP contribution is 2.31. The molecule has 1 atom stereocenters. The molecule has 21 heavy (non-hydrogen) atoms. The molecule has 0 aromatic heterocycles. The minimum absolute atomic E-state index is 0.248. The van der Waals surface area contributed by atoms with Gasteiger partial charge in [0.05, 0.1) is 7.11 Å². The van der Waals surface area contributed by atoms with Crippen LogP contribution in [0.4, 0.5) is 4.39 Å². The Morgan fingerprint density at radius 3 is 2.67 bits per heavy atom. The Labute approximate surface area is 128 Å². The van der Waals surface area contributed by atoms with Gasteiger partial charge in [-0.25, -0.2) is 4.39 Å². The minimum atomic E-state index is -0.268. The van der Waals surface area contributed by atoms with Crippen molar-refractivity contribution >= 4 is 0 Å². The predicted molar refractivity (Wildman–Crippen MR) is 85.2 cm³/mol. The highest BCUT2D eigenvalue weighted by molar-refractivity contribution is 5.31. The van der Waals surface area contributed by atoms with Crippen molar-refractivity contribution in [2.45, 2.75) is 57.9 Å². The van der Waals surface area contributed by atoms with Gasteiger partial charge in [-0.3, -0.25) is 0 Å². The van der Waals surface area contributed by atoms with Gasteiger partial charge >= 0.3 is 0 Å². The van der Waals surface area contributed by atoms with E-state index in [0.717, 1.165) is 24.4 Å². The fourth-order valence-corrected chi connectivity index (χ4v) is 3.41. The van der Waals surface area contributed by atoms with Crippen molar-refractivity contribution in [1.82, 2.24) is 5.32 Å². The lowest BCUT2D eigenvalue weighted by Gasteiger charge is -2.25. The molecule has 0 bridgehead atoms. The maximum absolute atomic E-state index is 13.9. The van der Waals surface area contributed by atoms with Crippen molar-refractivity contribution < 1.29 is 9.13 Å². The quantitative estimate of drug-likeness (QED) is 0.776. The Morgan fingerprint density at radius 2 is 2.05 bits per heavy atom. The third-order valence-corrected chi connectivity index (χ3v) is 4.62. The first-order chi connectivity index (χ1) is 10.2. The van der Waals surface area contributed by atoms with Crippen LogP contribution in [0.2, 0.25) is 0 Å². The zero-order valence-electron chi connectivity index (χ0n) is 13.3. The van der Waals surface area contributed by atoms with Gasteiger partial charge in [0.2, 0.25) is 0 Å². The fourth-order valence-electron chi connectivity index (χ4n) is 3.41. The molecule has 1 aliphatic rings. The van der Waals surface area contributed by atoms with Gasteiger partial charge < -0.3 is 10.1 Å². The third-order valence-electron chi connectivity index (χ3n) is 4.62. The second-order valence-corrected chi connectivity index (χ2v) is 6.09. The molecule has 1 aliphatic carbocycles. The first-order valence-corrected chi connectivity index (χ1v) is 8.31. The Balaban J connectivity index is 1.98. The average Bonchev–Trinajstić information content (AvgIpc) is 2.52. The maximum Gasteiger partial charge on any atom is 0.165 e. The van der Waals surface area contributed by atoms with Crippen LogP contribution in [0.5, 0.6) is 5.75 Å². The van der Waals surface area contributed by atoms with Gasteiger partial charge in [-0.05, 0) is 43.0 Å². The van der Waals surface area contributed by atoms with E-state index in [0.29, 0.717) is 5.75 Å². The van der Waals surface area contributed by atoms with Crippen LogP contribution in [0, 0.1) is 11.7 Å². The molecule has 2 rings (SSSR count). The van der Waals surface area contributed by atoms with Crippen LogP contribution in [0.25, 0.3) is 0 Å². The van der Waals surface area contributed by atoms with E-state index in [1.807, 2.05) is 6.07 Å². The lowest BCUT2D eigenvalue weighted by Crippen LogP contribution is -2.22. The van der Waals surface area contributed by atoms with E-state index in [9.17, 15) is 4.39 Å². The first kappa shape index (κ1) is 16.3. The summed E-state index contributed by atoms with van der Waals surface area (Å²) in [7, 11) is 1.50. The molecule has 0 spiro atoms. The summed E-state index contributed by atoms with van der Waals surface area (Å²) >= 11 is 0. The van der Waals surface area contributed by atoms with Crippen LogP contribution in [0.1, 0.15) is 63.5 Å². The van der Waals surface area contributed by atoms with Crippen LogP contribution in [-0.4, -0.2) is 13.7 Å². The fraction of sp³-hybridized carbons (Fsp3) is 0.667. The highest BCUT2D eigenvalue weighted by Gasteiger charge is 2.18. The van der Waals surface area contributed by atoms with Crippen molar-refractivity contribution in [1.29, 1.82) is 0 Å². The molecule has 0 saturated heterocycles. The molecule has 1 unspecified atom stereocenters. The summed E-state index contributed by atoms with van der Waals surface area (Å²) in [5, 5.41) is 3.50. The molecule has 0 aliphatic heterocycles. The van der Waals surface area contributed by atoms with Gasteiger partial charge in [0.1, 0.15) is 0 Å². The van der Waals surface area contributed by atoms with Crippen LogP contribution >= 0.6 is 0 Å². The number of ether oxygens (including phenoxy) is 1. The molecule has 2 nitrogen and oxygen atoms in total. The SMILES string of the molecule is CCNC(CCC1CCCCC1)c1ccc(OC)c(F)c1. The van der Waals surface area contributed by atoms with Gasteiger partial charge in [0.15, 0.2) is 11.6 Å². The van der Waals surface area contributed by atoms with E-state index in [1.165, 1.54) is 45.6 Å². The Kier molecular flexibility index (Phi) is 6.50. The maximum atomic E-state index is 13.9. The standard InChI is InChI=1S/C18H28FNO/c1-3-20-17(11-9-14-7-5-4-6-8-14)15-10-12-18(21-2)16(19)13-15/h10,12-14,17,20H,3-9,11H2,1-2H3. The second kappa shape index (κ2) is 8.38. The van der Waals surface area contributed by atoms with Gasteiger partial charge in [0, 0.05) is 6.04 Å². The molecule has 0 radical (unpaired) electrons. The van der Waals surface area contributed by atoms with Crippen molar-refractivity contribution in [3.8, 4) is 5.75 Å². The largest absolute Gasteiger partial charge is 0.494 e. The molecule has 0 heterocycles. The summed E-state index contributed by atoms with van der Waals surface area (Å²) < 4.78 is 18.9. The van der Waals surface area contributed by atoms with Crippen LogP contribution in [-0.2, 0) is 0 Å². The molecule has 118 valence electrons. The molecule has 1 N–H and O–H groups in total. The number of benzene rings is 1. The van der Waals surface area contributed by atoms with Crippen molar-refractivity contribution in [3.63, 3.8) is 0 Å². The van der Waals surface area contributed by atoms with E-state index in [4.69, 9.17) is 4.74 Å². The van der Waals surface area contributed by atoms with Crippen LogP contribution in [0.15, 0.2) is 18.2 Å². The minimum Gasteiger partial charge on any atom is -0.494 e. The number of hydrogen-bond acceptors (Lipinski definition) is 2. The monoisotopic (exact) mass is 293 g/mol. The lowest BCUT2D eigenvalue weighted by molar-refractivity contribution is 0.315. The summed E-state index contributed by atoms with van der Waals surface area (Å²) in [6.45, 7) is 3.01. The first-order valence-electron chi connectivity index (χ1n) is 8.31. The third kappa shape index (κ3) is 4.70. The van der Waals surface area contributed by atoms with Gasteiger partial charge in [-0.2, -0.15) is 0 Å². The number of hydrogen-bond donors (Lipinski definition) is 1. The molecule has 1 aromatic rings. The Hall–Kier alpha value is -1.09. The Bertz CT molecular complexity index is 429. The van der Waals surface area contributed by atoms with E-state index >= 15 is 0 Å². The summed E-state index contributed by atoms with van der Waals surface area (Å²) in [6, 6.07) is 5.58. The van der Waals surface area contributed by atoms with E-state index in [1.54, 1.807) is 12.1 Å². The molecular formula is C18H28FNO. The normalized spacial score (nSPS) is 17.7. The van der Waals surface area contributed by atoms with Gasteiger partial charge in [-0.15, -0.1) is 0 Å². The summed E-state index contributed by atoms with van der Waals surface area (Å²) in [5.74, 6) is 0.917. The zero-order valence-corrected chi connectivity index (χ0v) is 13.3. The predicted octanol–water partition coefficient (Wildman–Crippen LogP) is 4.85. The molecule has 0 amide bonds. The molecule has 1 saturated carbocycles. The number of methoxy groups -OCH3 is 1. The number of halogens is 1. The van der Waals surface area contributed by atoms with Crippen molar-refractivity contribution in [2.75, 3.05) is 13.7 Å². The van der Waals surface area contributed by atoms with Crippen molar-refractivity contribution in [3.05, 3.63) is 29.6 Å². The van der Waals surface area contributed by atoms with Gasteiger partial charge in [-0.1, -0.05) is 45.1 Å². The second-order valence-electron chi connectivity index (χ2n) is 6.09. The zero-order chi connectivity index (χ0) is 15.1. The summed E-state index contributed by atoms with van der Waals surface area (Å²) in [4.78, 5) is 0. The topological polar surface area (TPSA) is 21.3 Å². The number of rotatable bonds is 7. The van der Waals surface area contributed by atoms with E-state index < -0.39 is 0 Å². The average molecular weight is 293 g/mol. The smallest absolute Gasteiger partial charge is 0.165 e. The highest BCUT2D eigenvalue weighted by atomic mass is 19.1. The van der Waals surface area contributed by atoms with E-state index in [2.05, 4.69) is 12.2 Å². The van der Waals surface area contributed by atoms with Crippen molar-refractivity contribution in [2.24, 2.45) is 5.92 Å².